The van der Waals surface area contributed by atoms with Gasteiger partial charge in [-0.25, -0.2) is 4.98 Å². The highest BCUT2D eigenvalue weighted by Crippen LogP contribution is 2.21. The molecule has 33 heavy (non-hydrogen) atoms. The highest BCUT2D eigenvalue weighted by atomic mass is 16.2. The van der Waals surface area contributed by atoms with Crippen molar-refractivity contribution in [2.75, 3.05) is 11.9 Å². The molecule has 168 valence electrons. The van der Waals surface area contributed by atoms with Crippen molar-refractivity contribution in [1.29, 1.82) is 0 Å². The first-order chi connectivity index (χ1) is 16.0. The van der Waals surface area contributed by atoms with E-state index in [4.69, 9.17) is 0 Å². The number of anilines is 1. The molecule has 7 heteroatoms. The summed E-state index contributed by atoms with van der Waals surface area (Å²) in [7, 11) is 1.87. The van der Waals surface area contributed by atoms with Crippen LogP contribution >= 0.6 is 0 Å². The lowest BCUT2D eigenvalue weighted by Crippen LogP contribution is -2.35. The van der Waals surface area contributed by atoms with Crippen LogP contribution in [0.1, 0.15) is 35.7 Å². The molecule has 4 rings (SSSR count). The minimum atomic E-state index is -0.508. The predicted molar refractivity (Wildman–Crippen MR) is 130 cm³/mol. The topological polar surface area (TPSA) is 84.7 Å². The Morgan fingerprint density at radius 3 is 2.39 bits per heavy atom. The van der Waals surface area contributed by atoms with Crippen molar-refractivity contribution in [2.45, 2.75) is 25.8 Å². The van der Waals surface area contributed by atoms with E-state index in [-0.39, 0.29) is 11.8 Å². The van der Waals surface area contributed by atoms with Gasteiger partial charge in [0.25, 0.3) is 0 Å². The van der Waals surface area contributed by atoms with Gasteiger partial charge < -0.3 is 10.6 Å². The summed E-state index contributed by atoms with van der Waals surface area (Å²) in [6.45, 7) is 4.73. The number of carbonyl (C=O) groups is 1. The molecule has 4 aromatic rings. The van der Waals surface area contributed by atoms with Crippen LogP contribution in [-0.4, -0.2) is 32.2 Å². The first-order valence-corrected chi connectivity index (χ1v) is 11.0. The standard InChI is InChI=1S/C26H28N6O/c1-18(21-10-9-19(2)27-14-21)13-29-25(20-7-5-4-6-8-20)26(33)31-24-12-11-22(15-28-24)23-16-30-32(3)17-23/h4-12,14-18,25,29H,13H2,1-3H3,(H,28,31,33). The minimum absolute atomic E-state index is 0.156. The van der Waals surface area contributed by atoms with Gasteiger partial charge in [-0.05, 0) is 42.2 Å². The molecule has 3 heterocycles. The summed E-state index contributed by atoms with van der Waals surface area (Å²) in [5.74, 6) is 0.553. The van der Waals surface area contributed by atoms with Gasteiger partial charge in [-0.3, -0.25) is 14.5 Å². The number of aryl methyl sites for hydroxylation is 2. The molecule has 0 fully saturated rings. The summed E-state index contributed by atoms with van der Waals surface area (Å²) in [5.41, 5.74) is 4.94. The number of aromatic nitrogens is 4. The lowest BCUT2D eigenvalue weighted by Gasteiger charge is -2.21. The molecule has 0 spiro atoms. The lowest BCUT2D eigenvalue weighted by molar-refractivity contribution is -0.118. The summed E-state index contributed by atoms with van der Waals surface area (Å²) in [4.78, 5) is 22.0. The molecular formula is C26H28N6O. The molecule has 0 aliphatic carbocycles. The van der Waals surface area contributed by atoms with Gasteiger partial charge in [0, 0.05) is 49.0 Å². The van der Waals surface area contributed by atoms with Gasteiger partial charge in [-0.2, -0.15) is 5.10 Å². The maximum absolute atomic E-state index is 13.2. The van der Waals surface area contributed by atoms with E-state index in [0.29, 0.717) is 12.4 Å². The summed E-state index contributed by atoms with van der Waals surface area (Å²) in [5, 5.41) is 10.6. The van der Waals surface area contributed by atoms with Crippen LogP contribution in [0.3, 0.4) is 0 Å². The Morgan fingerprint density at radius 2 is 1.76 bits per heavy atom. The smallest absolute Gasteiger partial charge is 0.247 e. The minimum Gasteiger partial charge on any atom is -0.309 e. The summed E-state index contributed by atoms with van der Waals surface area (Å²) in [6.07, 6.45) is 7.35. The fourth-order valence-electron chi connectivity index (χ4n) is 3.60. The van der Waals surface area contributed by atoms with E-state index in [1.807, 2.05) is 74.9 Å². The number of nitrogens with one attached hydrogen (secondary N) is 2. The highest BCUT2D eigenvalue weighted by molar-refractivity contribution is 5.95. The largest absolute Gasteiger partial charge is 0.309 e. The van der Waals surface area contributed by atoms with Crippen LogP contribution in [0.2, 0.25) is 0 Å². The highest BCUT2D eigenvalue weighted by Gasteiger charge is 2.22. The fourth-order valence-corrected chi connectivity index (χ4v) is 3.60. The number of nitrogens with zero attached hydrogens (tertiary/aromatic N) is 4. The Balaban J connectivity index is 1.46. The van der Waals surface area contributed by atoms with E-state index in [0.717, 1.165) is 27.9 Å². The second-order valence-electron chi connectivity index (χ2n) is 8.21. The van der Waals surface area contributed by atoms with Crippen molar-refractivity contribution >= 4 is 11.7 Å². The maximum Gasteiger partial charge on any atom is 0.247 e. The normalized spacial score (nSPS) is 12.8. The second kappa shape index (κ2) is 10.2. The Kier molecular flexibility index (Phi) is 6.90. The molecule has 0 saturated heterocycles. The number of benzene rings is 1. The van der Waals surface area contributed by atoms with Crippen molar-refractivity contribution < 1.29 is 4.79 Å². The molecule has 7 nitrogen and oxygen atoms in total. The van der Waals surface area contributed by atoms with Crippen LogP contribution in [-0.2, 0) is 11.8 Å². The molecule has 2 N–H and O–H groups in total. The van der Waals surface area contributed by atoms with Crippen molar-refractivity contribution in [2.24, 2.45) is 7.05 Å². The van der Waals surface area contributed by atoms with Gasteiger partial charge in [0.2, 0.25) is 5.91 Å². The van der Waals surface area contributed by atoms with Crippen molar-refractivity contribution in [3.63, 3.8) is 0 Å². The first-order valence-electron chi connectivity index (χ1n) is 11.0. The molecule has 0 aliphatic heterocycles. The van der Waals surface area contributed by atoms with Crippen molar-refractivity contribution in [3.05, 3.63) is 96.2 Å². The van der Waals surface area contributed by atoms with Crippen molar-refractivity contribution in [1.82, 2.24) is 25.1 Å². The zero-order chi connectivity index (χ0) is 23.2. The van der Waals surface area contributed by atoms with E-state index < -0.39 is 6.04 Å². The maximum atomic E-state index is 13.2. The number of carbonyl (C=O) groups excluding carboxylic acids is 1. The zero-order valence-corrected chi connectivity index (χ0v) is 19.1. The third kappa shape index (κ3) is 5.70. The molecule has 0 bridgehead atoms. The molecule has 0 radical (unpaired) electrons. The van der Waals surface area contributed by atoms with Gasteiger partial charge in [0.05, 0.1) is 6.20 Å². The number of hydrogen-bond donors (Lipinski definition) is 2. The van der Waals surface area contributed by atoms with E-state index >= 15 is 0 Å². The number of hydrogen-bond acceptors (Lipinski definition) is 5. The number of rotatable bonds is 8. The Bertz CT molecular complexity index is 1190. The summed E-state index contributed by atoms with van der Waals surface area (Å²) < 4.78 is 1.74. The van der Waals surface area contributed by atoms with E-state index in [1.165, 1.54) is 0 Å². The van der Waals surface area contributed by atoms with Crippen LogP contribution in [0.15, 0.2) is 79.4 Å². The van der Waals surface area contributed by atoms with Gasteiger partial charge in [-0.15, -0.1) is 0 Å². The molecule has 3 aromatic heterocycles. The van der Waals surface area contributed by atoms with Crippen LogP contribution in [0.5, 0.6) is 0 Å². The van der Waals surface area contributed by atoms with E-state index in [2.05, 4.69) is 38.7 Å². The quantitative estimate of drug-likeness (QED) is 0.428. The number of pyridine rings is 2. The molecule has 2 atom stereocenters. The first kappa shape index (κ1) is 22.4. The summed E-state index contributed by atoms with van der Waals surface area (Å²) in [6, 6.07) is 17.0. The van der Waals surface area contributed by atoms with Gasteiger partial charge >= 0.3 is 0 Å². The molecular weight excluding hydrogens is 412 g/mol. The van der Waals surface area contributed by atoms with E-state index in [1.54, 1.807) is 17.1 Å². The lowest BCUT2D eigenvalue weighted by atomic mass is 10.0. The Labute approximate surface area is 193 Å². The van der Waals surface area contributed by atoms with Gasteiger partial charge in [0.15, 0.2) is 0 Å². The molecule has 0 aliphatic rings. The third-order valence-corrected chi connectivity index (χ3v) is 5.58. The van der Waals surface area contributed by atoms with Gasteiger partial charge in [0.1, 0.15) is 11.9 Å². The average Bonchev–Trinajstić information content (AvgIpc) is 3.27. The van der Waals surface area contributed by atoms with Gasteiger partial charge in [-0.1, -0.05) is 43.3 Å². The molecule has 1 amide bonds. The zero-order valence-electron chi connectivity index (χ0n) is 19.1. The Morgan fingerprint density at radius 1 is 0.939 bits per heavy atom. The van der Waals surface area contributed by atoms with Crippen LogP contribution in [0.4, 0.5) is 5.82 Å². The molecule has 2 unspecified atom stereocenters. The average molecular weight is 441 g/mol. The van der Waals surface area contributed by atoms with Crippen LogP contribution < -0.4 is 10.6 Å². The van der Waals surface area contributed by atoms with Crippen molar-refractivity contribution in [3.8, 4) is 11.1 Å². The summed E-state index contributed by atoms with van der Waals surface area (Å²) >= 11 is 0. The van der Waals surface area contributed by atoms with Crippen LogP contribution in [0, 0.1) is 6.92 Å². The molecule has 1 aromatic carbocycles. The molecule has 0 saturated carbocycles. The Hall–Kier alpha value is -3.84. The fraction of sp³-hybridized carbons (Fsp3) is 0.231. The predicted octanol–water partition coefficient (Wildman–Crippen LogP) is 4.26. The SMILES string of the molecule is Cc1ccc(C(C)CNC(C(=O)Nc2ccc(-c3cnn(C)c3)cn2)c2ccccc2)cn1. The monoisotopic (exact) mass is 440 g/mol. The second-order valence-corrected chi connectivity index (χ2v) is 8.21. The van der Waals surface area contributed by atoms with E-state index in [9.17, 15) is 4.79 Å². The third-order valence-electron chi connectivity index (χ3n) is 5.58. The van der Waals surface area contributed by atoms with Crippen LogP contribution in [0.25, 0.3) is 11.1 Å². The number of amides is 1.